The molecule has 0 aromatic heterocycles. The topological polar surface area (TPSA) is 58.2 Å². The first-order valence-electron chi connectivity index (χ1n) is 5.43. The lowest BCUT2D eigenvalue weighted by Crippen LogP contribution is -2.39. The van der Waals surface area contributed by atoms with Crippen LogP contribution in [0.2, 0.25) is 0 Å². The Kier molecular flexibility index (Phi) is 4.87. The number of allylic oxidation sites excluding steroid dienone is 2. The smallest absolute Gasteiger partial charge is 0.239 e. The fourth-order valence-electron chi connectivity index (χ4n) is 1.60. The number of carbonyl (C=O) groups excluding carboxylic acids is 2. The minimum absolute atomic E-state index is 0.00870. The van der Waals surface area contributed by atoms with Crippen molar-refractivity contribution >= 4 is 11.8 Å². The lowest BCUT2D eigenvalue weighted by Gasteiger charge is -2.16. The molecule has 0 fully saturated rings. The van der Waals surface area contributed by atoms with Crippen LogP contribution in [0.5, 0.6) is 0 Å². The van der Waals surface area contributed by atoms with Crippen molar-refractivity contribution in [3.63, 3.8) is 0 Å². The highest BCUT2D eigenvalue weighted by Crippen LogP contribution is 2.17. The molecule has 4 nitrogen and oxygen atoms in total. The first-order chi connectivity index (χ1) is 7.24. The summed E-state index contributed by atoms with van der Waals surface area (Å²) in [6, 6.07) is 0. The van der Waals surface area contributed by atoms with Gasteiger partial charge in [-0.2, -0.15) is 0 Å². The molecule has 4 heteroatoms. The molecule has 1 aliphatic rings. The van der Waals surface area contributed by atoms with Crippen LogP contribution in [0, 0.1) is 5.92 Å². The number of nitrogens with one attached hydrogen (secondary N) is 2. The van der Waals surface area contributed by atoms with Gasteiger partial charge in [0.15, 0.2) is 0 Å². The lowest BCUT2D eigenvalue weighted by atomic mass is 9.94. The van der Waals surface area contributed by atoms with E-state index in [1.165, 1.54) is 0 Å². The van der Waals surface area contributed by atoms with Gasteiger partial charge in [-0.15, -0.1) is 0 Å². The van der Waals surface area contributed by atoms with Crippen LogP contribution in [-0.4, -0.2) is 24.9 Å². The molecule has 0 heterocycles. The Bertz CT molecular complexity index is 261. The van der Waals surface area contributed by atoms with Crippen molar-refractivity contribution in [2.24, 2.45) is 5.92 Å². The summed E-state index contributed by atoms with van der Waals surface area (Å²) in [5.74, 6) is -0.0905. The average molecular weight is 210 g/mol. The van der Waals surface area contributed by atoms with Gasteiger partial charge in [0, 0.05) is 12.5 Å². The zero-order chi connectivity index (χ0) is 11.1. The summed E-state index contributed by atoms with van der Waals surface area (Å²) < 4.78 is 0. The number of hydrogen-bond acceptors (Lipinski definition) is 2. The van der Waals surface area contributed by atoms with E-state index in [9.17, 15) is 9.59 Å². The van der Waals surface area contributed by atoms with E-state index in [0.717, 1.165) is 19.3 Å². The number of likely N-dealkylation sites (N-methyl/N-ethyl adjacent to an activating group) is 1. The van der Waals surface area contributed by atoms with Crippen molar-refractivity contribution in [1.29, 1.82) is 0 Å². The third-order valence-electron chi connectivity index (χ3n) is 2.44. The van der Waals surface area contributed by atoms with Crippen LogP contribution in [0.4, 0.5) is 0 Å². The Morgan fingerprint density at radius 3 is 2.73 bits per heavy atom. The second-order valence-electron chi connectivity index (χ2n) is 3.65. The van der Waals surface area contributed by atoms with E-state index in [-0.39, 0.29) is 24.3 Å². The molecule has 0 saturated heterocycles. The van der Waals surface area contributed by atoms with Gasteiger partial charge in [0.05, 0.1) is 6.54 Å². The molecule has 1 atom stereocenters. The maximum absolute atomic E-state index is 11.6. The molecule has 1 rings (SSSR count). The summed E-state index contributed by atoms with van der Waals surface area (Å²) in [6.07, 6.45) is 6.76. The van der Waals surface area contributed by atoms with Crippen LogP contribution in [0.3, 0.4) is 0 Å². The quantitative estimate of drug-likeness (QED) is 0.667. The van der Waals surface area contributed by atoms with Crippen LogP contribution in [0.1, 0.15) is 26.2 Å². The van der Waals surface area contributed by atoms with Crippen LogP contribution in [0.25, 0.3) is 0 Å². The van der Waals surface area contributed by atoms with E-state index >= 15 is 0 Å². The van der Waals surface area contributed by atoms with E-state index < -0.39 is 0 Å². The second kappa shape index (κ2) is 6.22. The number of rotatable bonds is 4. The Balaban J connectivity index is 2.23. The number of carbonyl (C=O) groups is 2. The Morgan fingerprint density at radius 1 is 1.33 bits per heavy atom. The summed E-state index contributed by atoms with van der Waals surface area (Å²) in [5, 5.41) is 5.29. The molecule has 0 spiro atoms. The highest BCUT2D eigenvalue weighted by Gasteiger charge is 2.18. The molecule has 0 aliphatic heterocycles. The van der Waals surface area contributed by atoms with Gasteiger partial charge < -0.3 is 10.6 Å². The molecule has 0 aromatic rings. The van der Waals surface area contributed by atoms with Gasteiger partial charge in [0.2, 0.25) is 11.8 Å². The van der Waals surface area contributed by atoms with E-state index in [1.807, 2.05) is 13.0 Å². The highest BCUT2D eigenvalue weighted by atomic mass is 16.2. The zero-order valence-electron chi connectivity index (χ0n) is 9.08. The van der Waals surface area contributed by atoms with E-state index in [0.29, 0.717) is 6.54 Å². The third kappa shape index (κ3) is 4.14. The Hall–Kier alpha value is -1.32. The lowest BCUT2D eigenvalue weighted by molar-refractivity contribution is -0.128. The first-order valence-corrected chi connectivity index (χ1v) is 5.43. The van der Waals surface area contributed by atoms with Gasteiger partial charge in [-0.25, -0.2) is 0 Å². The van der Waals surface area contributed by atoms with Crippen molar-refractivity contribution in [2.45, 2.75) is 26.2 Å². The average Bonchev–Trinajstić information content (AvgIpc) is 2.27. The maximum Gasteiger partial charge on any atom is 0.239 e. The summed E-state index contributed by atoms with van der Waals surface area (Å²) in [7, 11) is 0. The van der Waals surface area contributed by atoms with E-state index in [1.54, 1.807) is 0 Å². The third-order valence-corrected chi connectivity index (χ3v) is 2.44. The van der Waals surface area contributed by atoms with Crippen molar-refractivity contribution in [3.05, 3.63) is 12.2 Å². The molecular weight excluding hydrogens is 192 g/mol. The van der Waals surface area contributed by atoms with Crippen LogP contribution >= 0.6 is 0 Å². The van der Waals surface area contributed by atoms with Crippen LogP contribution in [-0.2, 0) is 9.59 Å². The molecule has 1 aliphatic carbocycles. The van der Waals surface area contributed by atoms with Crippen LogP contribution < -0.4 is 10.6 Å². The minimum atomic E-state index is -0.128. The predicted molar refractivity (Wildman–Crippen MR) is 58.2 cm³/mol. The van der Waals surface area contributed by atoms with E-state index in [4.69, 9.17) is 0 Å². The molecule has 2 amide bonds. The molecule has 0 saturated carbocycles. The number of hydrogen-bond donors (Lipinski definition) is 2. The normalized spacial score (nSPS) is 19.7. The predicted octanol–water partition coefficient (Wildman–Crippen LogP) is 0.595. The molecule has 0 bridgehead atoms. The minimum Gasteiger partial charge on any atom is -0.355 e. The Morgan fingerprint density at radius 2 is 2.13 bits per heavy atom. The van der Waals surface area contributed by atoms with Crippen molar-refractivity contribution in [3.8, 4) is 0 Å². The van der Waals surface area contributed by atoms with Crippen molar-refractivity contribution < 1.29 is 9.59 Å². The molecule has 0 aromatic carbocycles. The molecule has 0 radical (unpaired) electrons. The van der Waals surface area contributed by atoms with Gasteiger partial charge in [-0.05, 0) is 26.2 Å². The van der Waals surface area contributed by atoms with Gasteiger partial charge >= 0.3 is 0 Å². The number of amides is 2. The molecule has 0 unspecified atom stereocenters. The monoisotopic (exact) mass is 210 g/mol. The fourth-order valence-corrected chi connectivity index (χ4v) is 1.60. The second-order valence-corrected chi connectivity index (χ2v) is 3.65. The summed E-state index contributed by atoms with van der Waals surface area (Å²) in [4.78, 5) is 22.7. The summed E-state index contributed by atoms with van der Waals surface area (Å²) in [6.45, 7) is 2.54. The molecule has 84 valence electrons. The van der Waals surface area contributed by atoms with Gasteiger partial charge in [0.25, 0.3) is 0 Å². The van der Waals surface area contributed by atoms with Gasteiger partial charge in [-0.1, -0.05) is 12.2 Å². The summed E-state index contributed by atoms with van der Waals surface area (Å²) in [5.41, 5.74) is 0. The van der Waals surface area contributed by atoms with Crippen molar-refractivity contribution in [1.82, 2.24) is 10.6 Å². The van der Waals surface area contributed by atoms with Crippen LogP contribution in [0.15, 0.2) is 12.2 Å². The van der Waals surface area contributed by atoms with Crippen molar-refractivity contribution in [2.75, 3.05) is 13.1 Å². The SMILES string of the molecule is CCNC(=O)CNC(=O)[C@@H]1CC=CCC1. The zero-order valence-corrected chi connectivity index (χ0v) is 9.08. The van der Waals surface area contributed by atoms with Gasteiger partial charge in [-0.3, -0.25) is 9.59 Å². The maximum atomic E-state index is 11.6. The highest BCUT2D eigenvalue weighted by molar-refractivity contribution is 5.85. The standard InChI is InChI=1S/C11H18N2O2/c1-2-12-10(14)8-13-11(15)9-6-4-3-5-7-9/h3-4,9H,2,5-8H2,1H3,(H,12,14)(H,13,15)/t9-/m1/s1. The first kappa shape index (κ1) is 11.8. The van der Waals surface area contributed by atoms with Gasteiger partial charge in [0.1, 0.15) is 0 Å². The molecule has 2 N–H and O–H groups in total. The summed E-state index contributed by atoms with van der Waals surface area (Å²) >= 11 is 0. The molecular formula is C11H18N2O2. The largest absolute Gasteiger partial charge is 0.355 e. The fraction of sp³-hybridized carbons (Fsp3) is 0.636. The Labute approximate surface area is 90.1 Å². The van der Waals surface area contributed by atoms with E-state index in [2.05, 4.69) is 16.7 Å². The molecule has 15 heavy (non-hydrogen) atoms.